The monoisotopic (exact) mass is 633 g/mol. The van der Waals surface area contributed by atoms with Crippen LogP contribution in [-0.4, -0.2) is 46.4 Å². The topological polar surface area (TPSA) is 60.8 Å². The number of aliphatic hydroxyl groups excluding tert-OH is 1. The molecule has 3 aliphatic carbocycles. The van der Waals surface area contributed by atoms with Crippen molar-refractivity contribution in [3.8, 4) is 5.75 Å². The lowest BCUT2D eigenvalue weighted by Crippen LogP contribution is -2.51. The number of amides is 1. The van der Waals surface area contributed by atoms with Gasteiger partial charge in [-0.25, -0.2) is 4.39 Å². The molecule has 3 aliphatic rings. The van der Waals surface area contributed by atoms with E-state index >= 15 is 4.39 Å². The fourth-order valence-corrected chi connectivity index (χ4v) is 9.61. The first kappa shape index (κ1) is 34.9. The van der Waals surface area contributed by atoms with Gasteiger partial charge in [0.15, 0.2) is 0 Å². The average molecular weight is 634 g/mol. The normalized spacial score (nSPS) is 28.3. The maximum absolute atomic E-state index is 16.1. The third kappa shape index (κ3) is 8.35. The van der Waals surface area contributed by atoms with Crippen molar-refractivity contribution in [3.63, 3.8) is 0 Å². The SMILES string of the molecule is CCCCCCCCN(CCCCC[C@@H]1Cc2cc(O)ccc2C2C1C1CC[C@H](O)[C@@]1(C)C[C@@H]2F)C(=O)CCCc1ccccc1. The van der Waals surface area contributed by atoms with E-state index in [-0.39, 0.29) is 23.0 Å². The van der Waals surface area contributed by atoms with Crippen LogP contribution in [0.4, 0.5) is 4.39 Å². The van der Waals surface area contributed by atoms with Crippen molar-refractivity contribution >= 4 is 5.91 Å². The summed E-state index contributed by atoms with van der Waals surface area (Å²) in [6, 6.07) is 16.0. The Morgan fingerprint density at radius 1 is 0.935 bits per heavy atom. The van der Waals surface area contributed by atoms with Gasteiger partial charge in [0.2, 0.25) is 5.91 Å². The van der Waals surface area contributed by atoms with Crippen molar-refractivity contribution in [1.82, 2.24) is 4.90 Å². The molecule has 2 aromatic rings. The number of phenols is 1. The number of unbranched alkanes of at least 4 members (excludes halogenated alkanes) is 7. The number of carbonyl (C=O) groups excluding carboxylic acids is 1. The van der Waals surface area contributed by atoms with E-state index in [9.17, 15) is 15.0 Å². The molecular weight excluding hydrogens is 573 g/mol. The Morgan fingerprint density at radius 2 is 1.65 bits per heavy atom. The second-order valence-electron chi connectivity index (χ2n) is 15.2. The molecule has 0 spiro atoms. The highest BCUT2D eigenvalue weighted by molar-refractivity contribution is 5.76. The summed E-state index contributed by atoms with van der Waals surface area (Å²) in [6.45, 7) is 6.07. The average Bonchev–Trinajstić information content (AvgIpc) is 3.34. The number of benzene rings is 2. The molecule has 0 heterocycles. The summed E-state index contributed by atoms with van der Waals surface area (Å²) in [5.41, 5.74) is 3.16. The Morgan fingerprint density at radius 3 is 2.41 bits per heavy atom. The minimum absolute atomic E-state index is 0.140. The molecule has 0 saturated heterocycles. The molecule has 254 valence electrons. The van der Waals surface area contributed by atoms with Crippen LogP contribution in [0.1, 0.15) is 133 Å². The van der Waals surface area contributed by atoms with E-state index in [4.69, 9.17) is 0 Å². The number of fused-ring (bicyclic) bond motifs is 5. The van der Waals surface area contributed by atoms with Crippen LogP contribution in [0.25, 0.3) is 0 Å². The maximum Gasteiger partial charge on any atom is 0.222 e. The maximum atomic E-state index is 16.1. The van der Waals surface area contributed by atoms with Crippen LogP contribution in [-0.2, 0) is 17.6 Å². The number of rotatable bonds is 17. The summed E-state index contributed by atoms with van der Waals surface area (Å²) in [6.07, 6.45) is 15.7. The molecule has 4 nitrogen and oxygen atoms in total. The molecule has 0 bridgehead atoms. The Bertz CT molecular complexity index is 1240. The van der Waals surface area contributed by atoms with E-state index in [1.54, 1.807) is 6.07 Å². The van der Waals surface area contributed by atoms with Crippen LogP contribution >= 0.6 is 0 Å². The number of aliphatic hydroxyl groups is 1. The number of carbonyl (C=O) groups is 1. The molecule has 2 saturated carbocycles. The summed E-state index contributed by atoms with van der Waals surface area (Å²) in [5, 5.41) is 21.2. The molecule has 5 rings (SSSR count). The van der Waals surface area contributed by atoms with Crippen LogP contribution in [0.2, 0.25) is 0 Å². The summed E-state index contributed by atoms with van der Waals surface area (Å²) in [5.74, 6) is 1.35. The molecule has 2 fully saturated rings. The smallest absolute Gasteiger partial charge is 0.222 e. The highest BCUT2D eigenvalue weighted by atomic mass is 19.1. The van der Waals surface area contributed by atoms with Crippen molar-refractivity contribution in [2.24, 2.45) is 23.2 Å². The third-order valence-corrected chi connectivity index (χ3v) is 12.1. The summed E-state index contributed by atoms with van der Waals surface area (Å²) >= 11 is 0. The zero-order chi connectivity index (χ0) is 32.5. The van der Waals surface area contributed by atoms with E-state index in [0.717, 1.165) is 88.4 Å². The van der Waals surface area contributed by atoms with Gasteiger partial charge in [-0.1, -0.05) is 95.2 Å². The highest BCUT2D eigenvalue weighted by Gasteiger charge is 2.59. The fourth-order valence-electron chi connectivity index (χ4n) is 9.61. The molecule has 0 radical (unpaired) electrons. The van der Waals surface area contributed by atoms with Gasteiger partial charge in [0, 0.05) is 25.4 Å². The molecule has 7 atom stereocenters. The summed E-state index contributed by atoms with van der Waals surface area (Å²) in [7, 11) is 0. The van der Waals surface area contributed by atoms with Gasteiger partial charge in [0.25, 0.3) is 0 Å². The minimum atomic E-state index is -0.964. The zero-order valence-electron chi connectivity index (χ0n) is 28.6. The van der Waals surface area contributed by atoms with Gasteiger partial charge < -0.3 is 15.1 Å². The molecule has 2 aromatic carbocycles. The Balaban J connectivity index is 1.16. The first-order valence-electron chi connectivity index (χ1n) is 18.8. The number of aromatic hydroxyl groups is 1. The number of halogens is 1. The lowest BCUT2D eigenvalue weighted by molar-refractivity contribution is -0.131. The van der Waals surface area contributed by atoms with Crippen molar-refractivity contribution < 1.29 is 19.4 Å². The summed E-state index contributed by atoms with van der Waals surface area (Å²) < 4.78 is 16.1. The van der Waals surface area contributed by atoms with Crippen molar-refractivity contribution in [2.45, 2.75) is 141 Å². The molecule has 46 heavy (non-hydrogen) atoms. The first-order valence-corrected chi connectivity index (χ1v) is 18.8. The Labute approximate surface area is 278 Å². The van der Waals surface area contributed by atoms with Crippen LogP contribution < -0.4 is 0 Å². The predicted molar refractivity (Wildman–Crippen MR) is 186 cm³/mol. The Kier molecular flexibility index (Phi) is 12.6. The van der Waals surface area contributed by atoms with Crippen molar-refractivity contribution in [1.29, 1.82) is 0 Å². The molecule has 1 amide bonds. The highest BCUT2D eigenvalue weighted by Crippen LogP contribution is 2.63. The fraction of sp³-hybridized carbons (Fsp3) is 0.683. The number of hydrogen-bond donors (Lipinski definition) is 2. The number of phenolic OH excluding ortho intramolecular Hbond substituents is 1. The van der Waals surface area contributed by atoms with E-state index in [2.05, 4.69) is 43.0 Å². The van der Waals surface area contributed by atoms with Crippen LogP contribution in [0.15, 0.2) is 48.5 Å². The second kappa shape index (κ2) is 16.6. The van der Waals surface area contributed by atoms with Gasteiger partial charge in [-0.15, -0.1) is 0 Å². The lowest BCUT2D eigenvalue weighted by Gasteiger charge is -2.54. The lowest BCUT2D eigenvalue weighted by atomic mass is 9.51. The number of aryl methyl sites for hydroxylation is 1. The molecule has 3 unspecified atom stereocenters. The molecule has 2 N–H and O–H groups in total. The van der Waals surface area contributed by atoms with Gasteiger partial charge in [0.05, 0.1) is 6.10 Å². The zero-order valence-corrected chi connectivity index (χ0v) is 28.6. The summed E-state index contributed by atoms with van der Waals surface area (Å²) in [4.78, 5) is 15.5. The second-order valence-corrected chi connectivity index (χ2v) is 15.2. The van der Waals surface area contributed by atoms with Crippen LogP contribution in [0, 0.1) is 23.2 Å². The van der Waals surface area contributed by atoms with Crippen molar-refractivity contribution in [3.05, 3.63) is 65.2 Å². The molecule has 5 heteroatoms. The first-order chi connectivity index (χ1) is 22.3. The standard InChI is InChI=1S/C41H60FNO3/c1-3-4-5-6-7-13-25-43(38(46)20-15-18-30-16-10-8-11-17-30)26-14-9-12-19-31-27-32-28-33(44)21-22-34(32)40-36(42)29-41(2)35(39(31)40)23-24-37(41)45/h8,10-11,16-17,21-22,28,31,35-37,39-40,44-45H,3-7,9,12-15,18-20,23-27,29H2,1-2H3/t31-,35?,36+,37+,39?,40?,41+/m1/s1. The number of alkyl halides is 1. The van der Waals surface area contributed by atoms with Crippen LogP contribution in [0.5, 0.6) is 5.75 Å². The van der Waals surface area contributed by atoms with E-state index < -0.39 is 12.3 Å². The predicted octanol–water partition coefficient (Wildman–Crippen LogP) is 9.56. The van der Waals surface area contributed by atoms with Gasteiger partial charge in [0.1, 0.15) is 11.9 Å². The van der Waals surface area contributed by atoms with E-state index in [0.29, 0.717) is 30.6 Å². The van der Waals surface area contributed by atoms with Crippen molar-refractivity contribution in [2.75, 3.05) is 13.1 Å². The van der Waals surface area contributed by atoms with E-state index in [1.807, 2.05) is 18.2 Å². The van der Waals surface area contributed by atoms with Gasteiger partial charge in [-0.2, -0.15) is 0 Å². The van der Waals surface area contributed by atoms with Gasteiger partial charge in [-0.05, 0) is 110 Å². The molecule has 0 aromatic heterocycles. The van der Waals surface area contributed by atoms with E-state index in [1.165, 1.54) is 37.7 Å². The van der Waals surface area contributed by atoms with Gasteiger partial charge >= 0.3 is 0 Å². The van der Waals surface area contributed by atoms with Gasteiger partial charge in [-0.3, -0.25) is 4.79 Å². The molecule has 0 aliphatic heterocycles. The largest absolute Gasteiger partial charge is 0.508 e. The number of hydrogen-bond acceptors (Lipinski definition) is 3. The number of nitrogens with zero attached hydrogens (tertiary/aromatic N) is 1. The Hall–Kier alpha value is -2.40. The minimum Gasteiger partial charge on any atom is -0.508 e. The quantitative estimate of drug-likeness (QED) is 0.171. The molecular formula is C41H60FNO3. The van der Waals surface area contributed by atoms with Crippen LogP contribution in [0.3, 0.4) is 0 Å². The third-order valence-electron chi connectivity index (χ3n) is 12.1.